The van der Waals surface area contributed by atoms with Gasteiger partial charge in [-0.25, -0.2) is 0 Å². The normalized spacial score (nSPS) is 18.9. The van der Waals surface area contributed by atoms with E-state index in [-0.39, 0.29) is 6.04 Å². The van der Waals surface area contributed by atoms with E-state index in [1.165, 1.54) is 16.7 Å². The number of nitrogens with one attached hydrogen (secondary N) is 2. The van der Waals surface area contributed by atoms with Gasteiger partial charge < -0.3 is 10.7 Å². The van der Waals surface area contributed by atoms with Gasteiger partial charge in [0, 0.05) is 31.6 Å². The van der Waals surface area contributed by atoms with Crippen molar-refractivity contribution in [2.24, 2.45) is 0 Å². The van der Waals surface area contributed by atoms with Crippen LogP contribution in [-0.2, 0) is 0 Å². The summed E-state index contributed by atoms with van der Waals surface area (Å²) in [7, 11) is 0. The lowest BCUT2D eigenvalue weighted by molar-refractivity contribution is 0.275. The van der Waals surface area contributed by atoms with Crippen molar-refractivity contribution in [3.8, 4) is 0 Å². The van der Waals surface area contributed by atoms with Gasteiger partial charge in [0.25, 0.3) is 0 Å². The fourth-order valence-electron chi connectivity index (χ4n) is 3.52. The van der Waals surface area contributed by atoms with Crippen LogP contribution in [-0.4, -0.2) is 29.1 Å². The van der Waals surface area contributed by atoms with Gasteiger partial charge in [0.2, 0.25) is 0 Å². The Balaban J connectivity index is 1.73. The lowest BCUT2D eigenvalue weighted by Gasteiger charge is -2.29. The smallest absolute Gasteiger partial charge is 0.0790 e. The molecule has 3 rings (SSSR count). The van der Waals surface area contributed by atoms with Crippen LogP contribution in [0, 0.1) is 0 Å². The zero-order valence-corrected chi connectivity index (χ0v) is 17.1. The van der Waals surface area contributed by atoms with Crippen LogP contribution in [0.1, 0.15) is 25.5 Å². The summed E-state index contributed by atoms with van der Waals surface area (Å²) in [6.45, 7) is 7.61. The molecule has 29 heavy (non-hydrogen) atoms. The van der Waals surface area contributed by atoms with Crippen LogP contribution in [0.5, 0.6) is 0 Å². The molecule has 4 nitrogen and oxygen atoms in total. The highest BCUT2D eigenvalue weighted by Gasteiger charge is 2.32. The molecule has 0 saturated carbocycles. The fourth-order valence-corrected chi connectivity index (χ4v) is 3.52. The molecule has 0 bridgehead atoms. The number of fused-ring (bicyclic) bond motifs is 1. The van der Waals surface area contributed by atoms with E-state index >= 15 is 0 Å². The van der Waals surface area contributed by atoms with E-state index in [1.54, 1.807) is 6.08 Å². The van der Waals surface area contributed by atoms with Crippen LogP contribution < -0.4 is 10.7 Å². The zero-order chi connectivity index (χ0) is 20.3. The predicted molar refractivity (Wildman–Crippen MR) is 123 cm³/mol. The molecule has 2 heterocycles. The Bertz CT molecular complexity index is 856. The zero-order valence-electron chi connectivity index (χ0n) is 17.1. The average molecular weight is 387 g/mol. The van der Waals surface area contributed by atoms with Gasteiger partial charge in [-0.2, -0.15) is 0 Å². The van der Waals surface area contributed by atoms with E-state index in [9.17, 15) is 0 Å². The molecule has 1 atom stereocenters. The predicted octanol–water partition coefficient (Wildman–Crippen LogP) is 4.68. The first-order valence-electron chi connectivity index (χ1n) is 10.2. The number of hydrogen-bond donors (Lipinski definition) is 2. The van der Waals surface area contributed by atoms with Crippen molar-refractivity contribution in [3.05, 3.63) is 109 Å². The molecule has 1 aromatic rings. The summed E-state index contributed by atoms with van der Waals surface area (Å²) >= 11 is 0. The van der Waals surface area contributed by atoms with Crippen molar-refractivity contribution in [2.75, 3.05) is 13.1 Å². The van der Waals surface area contributed by atoms with Crippen molar-refractivity contribution < 1.29 is 0 Å². The molecule has 1 aliphatic carbocycles. The Hall–Kier alpha value is -3.11. The Labute approximate surface area is 174 Å². The van der Waals surface area contributed by atoms with Gasteiger partial charge >= 0.3 is 0 Å². The number of allylic oxidation sites excluding steroid dienone is 7. The van der Waals surface area contributed by atoms with Crippen LogP contribution in [0.3, 0.4) is 0 Å². The first-order chi connectivity index (χ1) is 14.3. The third-order valence-corrected chi connectivity index (χ3v) is 4.98. The number of aromatic nitrogens is 1. The average Bonchev–Trinajstić information content (AvgIpc) is 3.11. The van der Waals surface area contributed by atoms with Crippen molar-refractivity contribution >= 4 is 5.57 Å². The lowest BCUT2D eigenvalue weighted by atomic mass is 9.88. The first-order valence-corrected chi connectivity index (χ1v) is 10.2. The van der Waals surface area contributed by atoms with E-state index in [0.29, 0.717) is 0 Å². The number of pyridine rings is 1. The summed E-state index contributed by atoms with van der Waals surface area (Å²) in [5, 5.41) is 5.68. The molecular weight excluding hydrogens is 356 g/mol. The van der Waals surface area contributed by atoms with Crippen LogP contribution in [0.15, 0.2) is 103 Å². The molecular formula is C25H30N4. The largest absolute Gasteiger partial charge is 0.313 e. The molecule has 0 amide bonds. The van der Waals surface area contributed by atoms with Gasteiger partial charge in [0.15, 0.2) is 0 Å². The van der Waals surface area contributed by atoms with Crippen molar-refractivity contribution in [3.63, 3.8) is 0 Å². The highest BCUT2D eigenvalue weighted by atomic mass is 15.5. The highest BCUT2D eigenvalue weighted by Crippen LogP contribution is 2.37. The van der Waals surface area contributed by atoms with E-state index in [2.05, 4.69) is 63.9 Å². The minimum Gasteiger partial charge on any atom is -0.313 e. The second kappa shape index (κ2) is 11.0. The quantitative estimate of drug-likeness (QED) is 0.348. The molecule has 150 valence electrons. The van der Waals surface area contributed by atoms with E-state index < -0.39 is 0 Å². The van der Waals surface area contributed by atoms with Crippen molar-refractivity contribution in [2.45, 2.75) is 25.8 Å². The minimum atomic E-state index is 0.274. The number of nitrogens with zero attached hydrogens (tertiary/aromatic N) is 2. The molecule has 0 spiro atoms. The summed E-state index contributed by atoms with van der Waals surface area (Å²) in [6, 6.07) is 6.36. The monoisotopic (exact) mass is 386 g/mol. The summed E-state index contributed by atoms with van der Waals surface area (Å²) in [5.41, 5.74) is 8.50. The fraction of sp³-hybridized carbons (Fsp3) is 0.240. The molecule has 4 heteroatoms. The van der Waals surface area contributed by atoms with Crippen LogP contribution in [0.2, 0.25) is 0 Å². The summed E-state index contributed by atoms with van der Waals surface area (Å²) in [4.78, 5) is 4.53. The third-order valence-electron chi connectivity index (χ3n) is 4.98. The molecule has 0 saturated heterocycles. The second-order valence-electron chi connectivity index (χ2n) is 6.94. The van der Waals surface area contributed by atoms with Crippen molar-refractivity contribution in [1.82, 2.24) is 20.7 Å². The Kier molecular flexibility index (Phi) is 7.84. The molecule has 0 aromatic carbocycles. The van der Waals surface area contributed by atoms with Crippen LogP contribution >= 0.6 is 0 Å². The first kappa shape index (κ1) is 20.6. The topological polar surface area (TPSA) is 40.2 Å². The van der Waals surface area contributed by atoms with Gasteiger partial charge in [0.1, 0.15) is 0 Å². The number of hydrazine groups is 1. The van der Waals surface area contributed by atoms with E-state index in [1.807, 2.05) is 49.7 Å². The van der Waals surface area contributed by atoms with E-state index in [4.69, 9.17) is 0 Å². The summed E-state index contributed by atoms with van der Waals surface area (Å²) < 4.78 is 0. The third kappa shape index (κ3) is 5.69. The molecule has 1 unspecified atom stereocenters. The van der Waals surface area contributed by atoms with Crippen LogP contribution in [0.4, 0.5) is 0 Å². The van der Waals surface area contributed by atoms with E-state index in [0.717, 1.165) is 31.6 Å². The molecule has 0 fully saturated rings. The maximum absolute atomic E-state index is 4.53. The maximum Gasteiger partial charge on any atom is 0.0790 e. The molecule has 0 radical (unpaired) electrons. The summed E-state index contributed by atoms with van der Waals surface area (Å²) in [5.74, 6) is 0. The van der Waals surface area contributed by atoms with Crippen LogP contribution in [0.25, 0.3) is 5.57 Å². The molecule has 1 aromatic heterocycles. The van der Waals surface area contributed by atoms with Crippen molar-refractivity contribution in [1.29, 1.82) is 0 Å². The molecule has 2 aliphatic rings. The molecule has 1 aliphatic heterocycles. The molecule has 2 N–H and O–H groups in total. The standard InChI is InChI=1S/C25H30N4/c1-3-5-7-9-17-28-29-20-22(14-18-26-15-6-4-2)23-13-12-21(19-25(23)29)24-11-8-10-16-27-24/h3-13,16-17,20,25-26,28H,1,14-15,18-19H2,2H3/b6-4-,7-5-,17-9+. The Morgan fingerprint density at radius 2 is 2.17 bits per heavy atom. The Morgan fingerprint density at radius 1 is 1.24 bits per heavy atom. The Morgan fingerprint density at radius 3 is 2.97 bits per heavy atom. The minimum absolute atomic E-state index is 0.274. The summed E-state index contributed by atoms with van der Waals surface area (Å²) in [6.07, 6.45) is 24.3. The maximum atomic E-state index is 4.53. The van der Waals surface area contributed by atoms with Gasteiger partial charge in [0.05, 0.1) is 11.7 Å². The lowest BCUT2D eigenvalue weighted by Crippen LogP contribution is -2.37. The van der Waals surface area contributed by atoms with Gasteiger partial charge in [-0.3, -0.25) is 9.99 Å². The number of hydrogen-bond acceptors (Lipinski definition) is 4. The SMILES string of the molecule is C=C/C=C\C=C\NN1C=C(CCNC/C=C\C)C2=CC=C(c3ccccn3)CC21. The van der Waals surface area contributed by atoms with Gasteiger partial charge in [-0.05, 0) is 54.8 Å². The van der Waals surface area contributed by atoms with Gasteiger partial charge in [-0.1, -0.05) is 55.2 Å². The van der Waals surface area contributed by atoms with Gasteiger partial charge in [-0.15, -0.1) is 0 Å². The number of rotatable bonds is 10. The second-order valence-corrected chi connectivity index (χ2v) is 6.94. The highest BCUT2D eigenvalue weighted by molar-refractivity contribution is 5.69.